The molecule has 0 saturated carbocycles. The van der Waals surface area contributed by atoms with Gasteiger partial charge >= 0.3 is 0 Å². The van der Waals surface area contributed by atoms with Crippen LogP contribution in [0.3, 0.4) is 0 Å². The van der Waals surface area contributed by atoms with E-state index in [4.69, 9.17) is 9.47 Å². The SMILES string of the molecule is CCC(=O)N(CC(=O)N1CCc2sccc2C1COc1cccc(OC)c1)C(C)C. The first kappa shape index (κ1) is 22.2. The topological polar surface area (TPSA) is 59.1 Å². The quantitative estimate of drug-likeness (QED) is 0.637. The lowest BCUT2D eigenvalue weighted by molar-refractivity contribution is -0.144. The minimum atomic E-state index is -0.176. The largest absolute Gasteiger partial charge is 0.497 e. The molecule has 1 aliphatic heterocycles. The summed E-state index contributed by atoms with van der Waals surface area (Å²) in [5.41, 5.74) is 1.14. The molecule has 1 aliphatic rings. The van der Waals surface area contributed by atoms with Crippen molar-refractivity contribution in [1.82, 2.24) is 9.80 Å². The number of carbonyl (C=O) groups is 2. The summed E-state index contributed by atoms with van der Waals surface area (Å²) in [5, 5.41) is 2.07. The fraction of sp³-hybridized carbons (Fsp3) is 0.478. The third-order valence-electron chi connectivity index (χ3n) is 5.42. The van der Waals surface area contributed by atoms with Crippen molar-refractivity contribution in [2.75, 3.05) is 26.8 Å². The lowest BCUT2D eigenvalue weighted by Crippen LogP contribution is -2.49. The molecule has 1 unspecified atom stereocenters. The zero-order chi connectivity index (χ0) is 21.7. The van der Waals surface area contributed by atoms with Gasteiger partial charge in [-0.15, -0.1) is 11.3 Å². The van der Waals surface area contributed by atoms with E-state index in [9.17, 15) is 9.59 Å². The van der Waals surface area contributed by atoms with Gasteiger partial charge in [-0.25, -0.2) is 0 Å². The lowest BCUT2D eigenvalue weighted by Gasteiger charge is -2.37. The predicted molar refractivity (Wildman–Crippen MR) is 118 cm³/mol. The molecular weight excluding hydrogens is 400 g/mol. The molecule has 0 N–H and O–H groups in total. The predicted octanol–water partition coefficient (Wildman–Crippen LogP) is 3.91. The van der Waals surface area contributed by atoms with Crippen LogP contribution in [0.2, 0.25) is 0 Å². The maximum Gasteiger partial charge on any atom is 0.242 e. The highest BCUT2D eigenvalue weighted by atomic mass is 32.1. The van der Waals surface area contributed by atoms with E-state index >= 15 is 0 Å². The molecule has 2 aromatic rings. The van der Waals surface area contributed by atoms with Crippen molar-refractivity contribution < 1.29 is 19.1 Å². The van der Waals surface area contributed by atoms with Gasteiger partial charge in [0, 0.05) is 30.0 Å². The molecule has 162 valence electrons. The van der Waals surface area contributed by atoms with Gasteiger partial charge in [-0.1, -0.05) is 13.0 Å². The molecule has 2 heterocycles. The van der Waals surface area contributed by atoms with Gasteiger partial charge in [0.2, 0.25) is 11.8 Å². The molecule has 6 nitrogen and oxygen atoms in total. The van der Waals surface area contributed by atoms with Gasteiger partial charge in [0.15, 0.2) is 0 Å². The average Bonchev–Trinajstić information content (AvgIpc) is 3.24. The highest BCUT2D eigenvalue weighted by Crippen LogP contribution is 2.34. The summed E-state index contributed by atoms with van der Waals surface area (Å²) in [7, 11) is 1.62. The van der Waals surface area contributed by atoms with Crippen molar-refractivity contribution in [3.63, 3.8) is 0 Å². The molecule has 7 heteroatoms. The number of benzene rings is 1. The molecule has 1 atom stereocenters. The molecule has 0 aliphatic carbocycles. The second-order valence-corrected chi connectivity index (χ2v) is 8.61. The third-order valence-corrected chi connectivity index (χ3v) is 6.41. The highest BCUT2D eigenvalue weighted by Gasteiger charge is 2.33. The van der Waals surface area contributed by atoms with Crippen molar-refractivity contribution >= 4 is 23.2 Å². The minimum Gasteiger partial charge on any atom is -0.497 e. The number of hydrogen-bond acceptors (Lipinski definition) is 5. The van der Waals surface area contributed by atoms with E-state index in [2.05, 4.69) is 11.4 Å². The fourth-order valence-corrected chi connectivity index (χ4v) is 4.67. The first-order valence-corrected chi connectivity index (χ1v) is 11.2. The van der Waals surface area contributed by atoms with Crippen LogP contribution in [-0.4, -0.2) is 54.5 Å². The monoisotopic (exact) mass is 430 g/mol. The van der Waals surface area contributed by atoms with Crippen LogP contribution in [0.1, 0.15) is 43.7 Å². The summed E-state index contributed by atoms with van der Waals surface area (Å²) >= 11 is 1.72. The Balaban J connectivity index is 1.78. The van der Waals surface area contributed by atoms with Crippen molar-refractivity contribution in [2.24, 2.45) is 0 Å². The fourth-order valence-electron chi connectivity index (χ4n) is 3.74. The molecule has 3 rings (SSSR count). The van der Waals surface area contributed by atoms with Gasteiger partial charge in [0.1, 0.15) is 18.1 Å². The van der Waals surface area contributed by atoms with E-state index in [0.717, 1.165) is 17.7 Å². The van der Waals surface area contributed by atoms with E-state index in [0.29, 0.717) is 25.3 Å². The molecule has 0 spiro atoms. The molecule has 1 aromatic carbocycles. The minimum absolute atomic E-state index is 0.00392. The number of ether oxygens (including phenoxy) is 2. The normalized spacial score (nSPS) is 15.6. The van der Waals surface area contributed by atoms with Crippen molar-refractivity contribution in [3.05, 3.63) is 46.2 Å². The third kappa shape index (κ3) is 4.95. The van der Waals surface area contributed by atoms with Crippen LogP contribution in [0.4, 0.5) is 0 Å². The number of hydrogen-bond donors (Lipinski definition) is 0. The van der Waals surface area contributed by atoms with Crippen LogP contribution < -0.4 is 9.47 Å². The molecule has 0 bridgehead atoms. The van der Waals surface area contributed by atoms with E-state index in [1.165, 1.54) is 4.88 Å². The molecule has 1 aromatic heterocycles. The van der Waals surface area contributed by atoms with Crippen LogP contribution in [0, 0.1) is 0 Å². The first-order chi connectivity index (χ1) is 14.4. The standard InChI is InChI=1S/C23H30N2O4S/c1-5-22(26)25(16(2)3)14-23(27)24-11-9-21-19(10-12-30-21)20(24)15-29-18-8-6-7-17(13-18)28-4/h6-8,10,12-13,16,20H,5,9,11,14-15H2,1-4H3. The first-order valence-electron chi connectivity index (χ1n) is 10.4. The van der Waals surface area contributed by atoms with Crippen LogP contribution >= 0.6 is 11.3 Å². The second-order valence-electron chi connectivity index (χ2n) is 7.61. The van der Waals surface area contributed by atoms with E-state index < -0.39 is 0 Å². The van der Waals surface area contributed by atoms with E-state index in [-0.39, 0.29) is 30.4 Å². The summed E-state index contributed by atoms with van der Waals surface area (Å²) in [6.45, 7) is 6.79. The van der Waals surface area contributed by atoms with Crippen molar-refractivity contribution in [2.45, 2.75) is 45.7 Å². The Labute approximate surface area is 182 Å². The summed E-state index contributed by atoms with van der Waals surface area (Å²) < 4.78 is 11.3. The Kier molecular flexibility index (Phi) is 7.37. The zero-order valence-electron chi connectivity index (χ0n) is 18.1. The number of carbonyl (C=O) groups excluding carboxylic acids is 2. The Morgan fingerprint density at radius 2 is 2.03 bits per heavy atom. The Hall–Kier alpha value is -2.54. The van der Waals surface area contributed by atoms with Crippen LogP contribution in [0.15, 0.2) is 35.7 Å². The van der Waals surface area contributed by atoms with Gasteiger partial charge < -0.3 is 19.3 Å². The van der Waals surface area contributed by atoms with Crippen LogP contribution in [-0.2, 0) is 16.0 Å². The second kappa shape index (κ2) is 9.98. The number of methoxy groups -OCH3 is 1. The van der Waals surface area contributed by atoms with Gasteiger partial charge in [-0.2, -0.15) is 0 Å². The summed E-state index contributed by atoms with van der Waals surface area (Å²) in [6, 6.07) is 9.35. The number of nitrogens with zero attached hydrogens (tertiary/aromatic N) is 2. The summed E-state index contributed by atoms with van der Waals surface area (Å²) in [4.78, 5) is 30.4. The molecule has 0 radical (unpaired) electrons. The van der Waals surface area contributed by atoms with E-state index in [1.54, 1.807) is 23.3 Å². The van der Waals surface area contributed by atoms with Gasteiger partial charge in [-0.05, 0) is 49.4 Å². The maximum absolute atomic E-state index is 13.2. The Morgan fingerprint density at radius 1 is 1.27 bits per heavy atom. The average molecular weight is 431 g/mol. The smallest absolute Gasteiger partial charge is 0.242 e. The number of amides is 2. The van der Waals surface area contributed by atoms with Gasteiger partial charge in [0.05, 0.1) is 19.7 Å². The lowest BCUT2D eigenvalue weighted by atomic mass is 10.00. The molecule has 30 heavy (non-hydrogen) atoms. The molecular formula is C23H30N2O4S. The highest BCUT2D eigenvalue weighted by molar-refractivity contribution is 7.10. The molecule has 0 saturated heterocycles. The Bertz CT molecular complexity index is 880. The maximum atomic E-state index is 13.2. The van der Waals surface area contributed by atoms with Gasteiger partial charge in [0.25, 0.3) is 0 Å². The van der Waals surface area contributed by atoms with Gasteiger partial charge in [-0.3, -0.25) is 9.59 Å². The molecule has 0 fully saturated rings. The number of thiophene rings is 1. The molecule has 2 amide bonds. The van der Waals surface area contributed by atoms with Crippen molar-refractivity contribution in [3.8, 4) is 11.5 Å². The summed E-state index contributed by atoms with van der Waals surface area (Å²) in [5.74, 6) is 1.39. The van der Waals surface area contributed by atoms with Crippen molar-refractivity contribution in [1.29, 1.82) is 0 Å². The van der Waals surface area contributed by atoms with E-state index in [1.807, 2.05) is 49.9 Å². The number of rotatable bonds is 8. The number of fused-ring (bicyclic) bond motifs is 1. The zero-order valence-corrected chi connectivity index (χ0v) is 18.9. The van der Waals surface area contributed by atoms with Crippen LogP contribution in [0.25, 0.3) is 0 Å². The van der Waals surface area contributed by atoms with Crippen LogP contribution in [0.5, 0.6) is 11.5 Å². The Morgan fingerprint density at radius 3 is 2.73 bits per heavy atom. The summed E-state index contributed by atoms with van der Waals surface area (Å²) in [6.07, 6.45) is 1.22.